The molecule has 1 aliphatic heterocycles. The standard InChI is InChI=1S/C14H13N3O4S2/c1-8-9-5-7-22-10(9)4-6-16(8)14(19)15-13(18)11-2-3-12(23-11)17(20)21/h2-3,5,7-8H,4,6H2,1H3,(H,15,18,19)/t8-/m0/s1. The van der Waals surface area contributed by atoms with E-state index in [0.29, 0.717) is 6.54 Å². The van der Waals surface area contributed by atoms with Crippen molar-refractivity contribution in [3.05, 3.63) is 49.0 Å². The van der Waals surface area contributed by atoms with Gasteiger partial charge in [0.05, 0.1) is 15.8 Å². The molecule has 23 heavy (non-hydrogen) atoms. The average molecular weight is 351 g/mol. The molecule has 0 unspecified atom stereocenters. The van der Waals surface area contributed by atoms with E-state index in [0.717, 1.165) is 23.3 Å². The van der Waals surface area contributed by atoms with E-state index in [4.69, 9.17) is 0 Å². The van der Waals surface area contributed by atoms with Crippen LogP contribution in [0.25, 0.3) is 0 Å². The molecule has 0 bridgehead atoms. The lowest BCUT2D eigenvalue weighted by Crippen LogP contribution is -2.46. The maximum absolute atomic E-state index is 12.3. The Hall–Kier alpha value is -2.26. The summed E-state index contributed by atoms with van der Waals surface area (Å²) in [5.74, 6) is -0.614. The number of urea groups is 1. The molecule has 1 N–H and O–H groups in total. The SMILES string of the molecule is C[C@H]1c2ccsc2CCN1C(=O)NC(=O)c1ccc([N+](=O)[O-])s1. The predicted octanol–water partition coefficient (Wildman–Crippen LogP) is 3.19. The smallest absolute Gasteiger partial charge is 0.317 e. The van der Waals surface area contributed by atoms with Crippen molar-refractivity contribution in [2.45, 2.75) is 19.4 Å². The van der Waals surface area contributed by atoms with Crippen LogP contribution in [0.5, 0.6) is 0 Å². The van der Waals surface area contributed by atoms with Crippen LogP contribution in [0.2, 0.25) is 0 Å². The highest BCUT2D eigenvalue weighted by molar-refractivity contribution is 7.17. The zero-order valence-corrected chi connectivity index (χ0v) is 13.8. The Morgan fingerprint density at radius 2 is 2.17 bits per heavy atom. The van der Waals surface area contributed by atoms with Crippen LogP contribution in [0.1, 0.15) is 33.1 Å². The van der Waals surface area contributed by atoms with Crippen molar-refractivity contribution in [2.24, 2.45) is 0 Å². The third-order valence-electron chi connectivity index (χ3n) is 3.75. The van der Waals surface area contributed by atoms with Crippen LogP contribution in [-0.2, 0) is 6.42 Å². The zero-order chi connectivity index (χ0) is 16.6. The number of imide groups is 1. The van der Waals surface area contributed by atoms with Gasteiger partial charge in [0.1, 0.15) is 0 Å². The summed E-state index contributed by atoms with van der Waals surface area (Å²) < 4.78 is 0. The number of nitro groups is 1. The molecule has 120 valence electrons. The summed E-state index contributed by atoms with van der Waals surface area (Å²) in [5, 5.41) is 14.8. The number of fused-ring (bicyclic) bond motifs is 1. The van der Waals surface area contributed by atoms with Crippen molar-refractivity contribution in [2.75, 3.05) is 6.54 Å². The number of thiophene rings is 2. The molecule has 3 rings (SSSR count). The second-order valence-corrected chi connectivity index (χ2v) is 7.14. The minimum absolute atomic E-state index is 0.101. The number of hydrogen-bond acceptors (Lipinski definition) is 6. The summed E-state index contributed by atoms with van der Waals surface area (Å²) in [6, 6.07) is 4.02. The molecule has 7 nitrogen and oxygen atoms in total. The van der Waals surface area contributed by atoms with Gasteiger partial charge in [0, 0.05) is 17.5 Å². The Morgan fingerprint density at radius 1 is 1.39 bits per heavy atom. The normalized spacial score (nSPS) is 16.7. The van der Waals surface area contributed by atoms with Gasteiger partial charge in [0.2, 0.25) is 0 Å². The van der Waals surface area contributed by atoms with Gasteiger partial charge >= 0.3 is 11.0 Å². The van der Waals surface area contributed by atoms with E-state index >= 15 is 0 Å². The highest BCUT2D eigenvalue weighted by Gasteiger charge is 2.29. The molecule has 1 aliphatic rings. The number of amides is 3. The molecule has 2 aromatic rings. The third kappa shape index (κ3) is 2.97. The lowest BCUT2D eigenvalue weighted by molar-refractivity contribution is -0.380. The highest BCUT2D eigenvalue weighted by Crippen LogP contribution is 2.32. The molecule has 0 aliphatic carbocycles. The Bertz CT molecular complexity index is 783. The topological polar surface area (TPSA) is 92.6 Å². The van der Waals surface area contributed by atoms with Crippen molar-refractivity contribution < 1.29 is 14.5 Å². The number of rotatable bonds is 2. The van der Waals surface area contributed by atoms with Gasteiger partial charge < -0.3 is 4.90 Å². The second-order valence-electron chi connectivity index (χ2n) is 5.07. The quantitative estimate of drug-likeness (QED) is 0.664. The summed E-state index contributed by atoms with van der Waals surface area (Å²) in [4.78, 5) is 37.5. The molecule has 2 aromatic heterocycles. The van der Waals surface area contributed by atoms with E-state index in [-0.39, 0.29) is 15.9 Å². The van der Waals surface area contributed by atoms with E-state index in [9.17, 15) is 19.7 Å². The monoisotopic (exact) mass is 351 g/mol. The lowest BCUT2D eigenvalue weighted by atomic mass is 10.0. The van der Waals surface area contributed by atoms with Crippen LogP contribution in [0.4, 0.5) is 9.80 Å². The minimum atomic E-state index is -0.614. The van der Waals surface area contributed by atoms with E-state index in [1.165, 1.54) is 17.0 Å². The van der Waals surface area contributed by atoms with E-state index < -0.39 is 16.9 Å². The Labute approximate surface area is 139 Å². The first-order chi connectivity index (χ1) is 11.0. The van der Waals surface area contributed by atoms with Crippen molar-refractivity contribution in [3.8, 4) is 0 Å². The molecule has 0 saturated carbocycles. The van der Waals surface area contributed by atoms with Crippen molar-refractivity contribution >= 4 is 39.6 Å². The third-order valence-corrected chi connectivity index (χ3v) is 5.79. The number of carbonyl (C=O) groups is 2. The van der Waals surface area contributed by atoms with Crippen LogP contribution in [0, 0.1) is 10.1 Å². The van der Waals surface area contributed by atoms with Crippen LogP contribution >= 0.6 is 22.7 Å². The first-order valence-corrected chi connectivity index (χ1v) is 8.59. The van der Waals surface area contributed by atoms with Gasteiger partial charge in [0.15, 0.2) is 0 Å². The summed E-state index contributed by atoms with van der Waals surface area (Å²) in [6.45, 7) is 2.46. The summed E-state index contributed by atoms with van der Waals surface area (Å²) in [6.07, 6.45) is 0.767. The van der Waals surface area contributed by atoms with E-state index in [1.54, 1.807) is 16.2 Å². The van der Waals surface area contributed by atoms with Crippen LogP contribution < -0.4 is 5.32 Å². The van der Waals surface area contributed by atoms with Gasteiger partial charge in [-0.05, 0) is 36.4 Å². The fraction of sp³-hybridized carbons (Fsp3) is 0.286. The predicted molar refractivity (Wildman–Crippen MR) is 87.0 cm³/mol. The minimum Gasteiger partial charge on any atom is -0.317 e. The number of hydrogen-bond donors (Lipinski definition) is 1. The number of nitrogens with zero attached hydrogens (tertiary/aromatic N) is 2. The molecule has 0 saturated heterocycles. The van der Waals surface area contributed by atoms with Gasteiger partial charge in [-0.15, -0.1) is 11.3 Å². The van der Waals surface area contributed by atoms with Gasteiger partial charge in [-0.25, -0.2) is 4.79 Å². The largest absolute Gasteiger partial charge is 0.324 e. The molecule has 0 spiro atoms. The molecule has 1 atom stereocenters. The Balaban J connectivity index is 1.69. The number of carbonyl (C=O) groups excluding carboxylic acids is 2. The van der Waals surface area contributed by atoms with Crippen molar-refractivity contribution in [1.29, 1.82) is 0 Å². The second kappa shape index (κ2) is 6.09. The van der Waals surface area contributed by atoms with Gasteiger partial charge in [-0.1, -0.05) is 11.3 Å². The first-order valence-electron chi connectivity index (χ1n) is 6.90. The molecule has 3 amide bonds. The maximum atomic E-state index is 12.3. The molecule has 0 radical (unpaired) electrons. The average Bonchev–Trinajstić information content (AvgIpc) is 3.17. The summed E-state index contributed by atoms with van der Waals surface area (Å²) in [5.41, 5.74) is 1.11. The van der Waals surface area contributed by atoms with Crippen LogP contribution in [-0.4, -0.2) is 28.3 Å². The maximum Gasteiger partial charge on any atom is 0.324 e. The van der Waals surface area contributed by atoms with Crippen LogP contribution in [0.3, 0.4) is 0 Å². The van der Waals surface area contributed by atoms with Gasteiger partial charge in [-0.2, -0.15) is 0 Å². The van der Waals surface area contributed by atoms with Gasteiger partial charge in [0.25, 0.3) is 5.91 Å². The van der Waals surface area contributed by atoms with Crippen molar-refractivity contribution in [1.82, 2.24) is 10.2 Å². The van der Waals surface area contributed by atoms with Gasteiger partial charge in [-0.3, -0.25) is 20.2 Å². The fourth-order valence-corrected chi connectivity index (χ4v) is 4.24. The molecule has 3 heterocycles. The molecule has 9 heteroatoms. The fourth-order valence-electron chi connectivity index (χ4n) is 2.57. The first kappa shape index (κ1) is 15.6. The highest BCUT2D eigenvalue weighted by atomic mass is 32.1. The molecular weight excluding hydrogens is 338 g/mol. The van der Waals surface area contributed by atoms with E-state index in [2.05, 4.69) is 5.32 Å². The summed E-state index contributed by atoms with van der Waals surface area (Å²) in [7, 11) is 0. The lowest BCUT2D eigenvalue weighted by Gasteiger charge is -2.33. The Kier molecular flexibility index (Phi) is 4.14. The zero-order valence-electron chi connectivity index (χ0n) is 12.1. The van der Waals surface area contributed by atoms with Crippen molar-refractivity contribution in [3.63, 3.8) is 0 Å². The Morgan fingerprint density at radius 3 is 2.87 bits per heavy atom. The molecule has 0 aromatic carbocycles. The molecule has 0 fully saturated rings. The number of nitrogens with one attached hydrogen (secondary N) is 1. The molecular formula is C14H13N3O4S2. The van der Waals surface area contributed by atoms with E-state index in [1.807, 2.05) is 18.4 Å². The summed E-state index contributed by atoms with van der Waals surface area (Å²) >= 11 is 2.42. The van der Waals surface area contributed by atoms with Crippen LogP contribution in [0.15, 0.2) is 23.6 Å².